The van der Waals surface area contributed by atoms with Crippen molar-refractivity contribution in [2.45, 2.75) is 0 Å². The van der Waals surface area contributed by atoms with Crippen molar-refractivity contribution in [1.29, 1.82) is 0 Å². The maximum Gasteiger partial charge on any atom is 0.228 e. The van der Waals surface area contributed by atoms with Gasteiger partial charge in [-0.2, -0.15) is 4.98 Å². The SMILES string of the molecule is C[NH+]1CCN(c2nc(NCCO)c3ccccc3n2)CC1. The molecule has 1 aromatic carbocycles. The molecule has 3 rings (SSSR count). The van der Waals surface area contributed by atoms with Crippen molar-refractivity contribution >= 4 is 22.7 Å². The number of nitrogens with one attached hydrogen (secondary N) is 2. The maximum absolute atomic E-state index is 9.03. The van der Waals surface area contributed by atoms with Gasteiger partial charge in [-0.15, -0.1) is 0 Å². The van der Waals surface area contributed by atoms with Crippen LogP contribution in [0.15, 0.2) is 24.3 Å². The minimum atomic E-state index is 0.0888. The number of hydrogen-bond acceptors (Lipinski definition) is 5. The number of likely N-dealkylation sites (N-methyl/N-ethyl adjacent to an activating group) is 1. The molecule has 1 aliphatic rings. The van der Waals surface area contributed by atoms with E-state index in [4.69, 9.17) is 10.1 Å². The van der Waals surface area contributed by atoms with Crippen LogP contribution in [0.3, 0.4) is 0 Å². The number of rotatable bonds is 4. The number of anilines is 2. The maximum atomic E-state index is 9.03. The number of fused-ring (bicyclic) bond motifs is 1. The molecule has 1 saturated heterocycles. The van der Waals surface area contributed by atoms with Gasteiger partial charge in [0.25, 0.3) is 0 Å². The van der Waals surface area contributed by atoms with Crippen LogP contribution in [0.2, 0.25) is 0 Å². The van der Waals surface area contributed by atoms with Crippen LogP contribution in [0.5, 0.6) is 0 Å². The van der Waals surface area contributed by atoms with Gasteiger partial charge in [0.15, 0.2) is 0 Å². The summed E-state index contributed by atoms with van der Waals surface area (Å²) < 4.78 is 0. The second kappa shape index (κ2) is 6.24. The molecule has 112 valence electrons. The van der Waals surface area contributed by atoms with Gasteiger partial charge in [-0.05, 0) is 12.1 Å². The van der Waals surface area contributed by atoms with E-state index in [0.29, 0.717) is 6.54 Å². The Labute approximate surface area is 124 Å². The average molecular weight is 288 g/mol. The van der Waals surface area contributed by atoms with Gasteiger partial charge >= 0.3 is 0 Å². The molecule has 1 fully saturated rings. The molecule has 0 saturated carbocycles. The number of quaternary nitrogens is 1. The normalized spacial score (nSPS) is 16.4. The Bertz CT molecular complexity index is 610. The largest absolute Gasteiger partial charge is 0.395 e. The van der Waals surface area contributed by atoms with Crippen molar-refractivity contribution < 1.29 is 10.0 Å². The monoisotopic (exact) mass is 288 g/mol. The first-order chi connectivity index (χ1) is 10.3. The Morgan fingerprint density at radius 2 is 2.00 bits per heavy atom. The molecule has 3 N–H and O–H groups in total. The van der Waals surface area contributed by atoms with E-state index in [-0.39, 0.29) is 6.61 Å². The summed E-state index contributed by atoms with van der Waals surface area (Å²) >= 11 is 0. The van der Waals surface area contributed by atoms with E-state index >= 15 is 0 Å². The number of aliphatic hydroxyl groups is 1. The van der Waals surface area contributed by atoms with Gasteiger partial charge in [0.05, 0.1) is 45.4 Å². The van der Waals surface area contributed by atoms with Crippen molar-refractivity contribution in [3.8, 4) is 0 Å². The van der Waals surface area contributed by atoms with Crippen LogP contribution in [0.25, 0.3) is 10.9 Å². The highest BCUT2D eigenvalue weighted by molar-refractivity contribution is 5.90. The van der Waals surface area contributed by atoms with Gasteiger partial charge in [-0.1, -0.05) is 12.1 Å². The second-order valence-electron chi connectivity index (χ2n) is 5.48. The van der Waals surface area contributed by atoms with Crippen molar-refractivity contribution in [1.82, 2.24) is 9.97 Å². The minimum absolute atomic E-state index is 0.0888. The molecule has 21 heavy (non-hydrogen) atoms. The molecule has 0 amide bonds. The van der Waals surface area contributed by atoms with E-state index in [9.17, 15) is 0 Å². The van der Waals surface area contributed by atoms with Gasteiger partial charge in [0.2, 0.25) is 5.95 Å². The van der Waals surface area contributed by atoms with Crippen LogP contribution in [0, 0.1) is 0 Å². The summed E-state index contributed by atoms with van der Waals surface area (Å²) in [6, 6.07) is 7.98. The Hall–Kier alpha value is -1.92. The molecular weight excluding hydrogens is 266 g/mol. The van der Waals surface area contributed by atoms with Crippen molar-refractivity contribution in [3.63, 3.8) is 0 Å². The summed E-state index contributed by atoms with van der Waals surface area (Å²) in [5.74, 6) is 1.58. The third-order valence-corrected chi connectivity index (χ3v) is 3.90. The van der Waals surface area contributed by atoms with Crippen LogP contribution in [0.1, 0.15) is 0 Å². The van der Waals surface area contributed by atoms with Crippen molar-refractivity contribution in [2.24, 2.45) is 0 Å². The predicted octanol–water partition coefficient (Wildman–Crippen LogP) is -0.631. The highest BCUT2D eigenvalue weighted by Gasteiger charge is 2.20. The first-order valence-corrected chi connectivity index (χ1v) is 7.45. The summed E-state index contributed by atoms with van der Waals surface area (Å²) in [5, 5.41) is 13.2. The lowest BCUT2D eigenvalue weighted by Crippen LogP contribution is -3.12. The number of aliphatic hydroxyl groups excluding tert-OH is 1. The smallest absolute Gasteiger partial charge is 0.228 e. The van der Waals surface area contributed by atoms with Crippen LogP contribution >= 0.6 is 0 Å². The van der Waals surface area contributed by atoms with Crippen LogP contribution in [0.4, 0.5) is 11.8 Å². The Balaban J connectivity index is 1.95. The number of nitrogens with zero attached hydrogens (tertiary/aromatic N) is 3. The second-order valence-corrected chi connectivity index (χ2v) is 5.48. The highest BCUT2D eigenvalue weighted by atomic mass is 16.3. The first kappa shape index (κ1) is 14.0. The zero-order valence-electron chi connectivity index (χ0n) is 12.3. The molecule has 0 aliphatic carbocycles. The summed E-state index contributed by atoms with van der Waals surface area (Å²) in [6.45, 7) is 4.75. The molecule has 0 radical (unpaired) electrons. The Morgan fingerprint density at radius 3 is 2.76 bits per heavy atom. The lowest BCUT2D eigenvalue weighted by Gasteiger charge is -2.30. The molecule has 1 aromatic heterocycles. The summed E-state index contributed by atoms with van der Waals surface area (Å²) in [6.07, 6.45) is 0. The number of hydrogen-bond donors (Lipinski definition) is 3. The third-order valence-electron chi connectivity index (χ3n) is 3.90. The molecule has 2 heterocycles. The molecule has 6 nitrogen and oxygen atoms in total. The highest BCUT2D eigenvalue weighted by Crippen LogP contribution is 2.23. The Kier molecular flexibility index (Phi) is 4.17. The standard InChI is InChI=1S/C15H21N5O/c1-19-7-9-20(10-8-19)15-17-13-5-3-2-4-12(13)14(18-15)16-6-11-21/h2-5,21H,6-11H2,1H3,(H,16,17,18)/p+1. The number of piperazine rings is 1. The van der Waals surface area contributed by atoms with E-state index in [1.807, 2.05) is 24.3 Å². The van der Waals surface area contributed by atoms with Crippen molar-refractivity contribution in [3.05, 3.63) is 24.3 Å². The van der Waals surface area contributed by atoms with Gasteiger partial charge in [-0.3, -0.25) is 0 Å². The van der Waals surface area contributed by atoms with Gasteiger partial charge in [-0.25, -0.2) is 4.98 Å². The minimum Gasteiger partial charge on any atom is -0.395 e. The third kappa shape index (κ3) is 3.06. The molecule has 0 bridgehead atoms. The number of benzene rings is 1. The zero-order valence-corrected chi connectivity index (χ0v) is 12.3. The lowest BCUT2D eigenvalue weighted by atomic mass is 10.2. The zero-order chi connectivity index (χ0) is 14.7. The summed E-state index contributed by atoms with van der Waals surface area (Å²) in [7, 11) is 2.22. The van der Waals surface area contributed by atoms with E-state index in [1.165, 1.54) is 0 Å². The quantitative estimate of drug-likeness (QED) is 0.699. The predicted molar refractivity (Wildman–Crippen MR) is 83.9 cm³/mol. The number of para-hydroxylation sites is 1. The topological polar surface area (TPSA) is 65.7 Å². The fourth-order valence-electron chi connectivity index (χ4n) is 2.60. The summed E-state index contributed by atoms with van der Waals surface area (Å²) in [5.41, 5.74) is 0.939. The van der Waals surface area contributed by atoms with Crippen LogP contribution in [-0.2, 0) is 0 Å². The molecule has 2 aromatic rings. The first-order valence-electron chi connectivity index (χ1n) is 7.45. The fraction of sp³-hybridized carbons (Fsp3) is 0.467. The molecule has 0 atom stereocenters. The van der Waals surface area contributed by atoms with Crippen LogP contribution < -0.4 is 15.1 Å². The van der Waals surface area contributed by atoms with Gasteiger partial charge < -0.3 is 20.2 Å². The summed E-state index contributed by atoms with van der Waals surface area (Å²) in [4.78, 5) is 13.2. The average Bonchev–Trinajstić information content (AvgIpc) is 2.53. The molecular formula is C15H22N5O+. The van der Waals surface area contributed by atoms with Crippen molar-refractivity contribution in [2.75, 3.05) is 56.6 Å². The Morgan fingerprint density at radius 1 is 1.24 bits per heavy atom. The lowest BCUT2D eigenvalue weighted by molar-refractivity contribution is -0.880. The van der Waals surface area contributed by atoms with Crippen LogP contribution in [-0.4, -0.2) is 61.5 Å². The van der Waals surface area contributed by atoms with E-state index in [2.05, 4.69) is 22.2 Å². The van der Waals surface area contributed by atoms with E-state index < -0.39 is 0 Å². The number of aromatic nitrogens is 2. The van der Waals surface area contributed by atoms with Gasteiger partial charge in [0.1, 0.15) is 5.82 Å². The molecule has 1 aliphatic heterocycles. The van der Waals surface area contributed by atoms with E-state index in [1.54, 1.807) is 4.90 Å². The van der Waals surface area contributed by atoms with E-state index in [0.717, 1.165) is 48.8 Å². The molecule has 6 heteroatoms. The fourth-order valence-corrected chi connectivity index (χ4v) is 2.60. The molecule has 0 spiro atoms. The molecule has 0 unspecified atom stereocenters. The van der Waals surface area contributed by atoms with Gasteiger partial charge in [0, 0.05) is 11.9 Å².